The van der Waals surface area contributed by atoms with Crippen molar-refractivity contribution in [1.29, 1.82) is 5.26 Å². The highest BCUT2D eigenvalue weighted by Gasteiger charge is 2.15. The number of para-hydroxylation sites is 1. The summed E-state index contributed by atoms with van der Waals surface area (Å²) in [5, 5.41) is 9.05. The first-order valence-electron chi connectivity index (χ1n) is 5.76. The molecule has 1 amide bonds. The highest BCUT2D eigenvalue weighted by atomic mass is 16.2. The number of amides is 1. The largest absolute Gasteiger partial charge is 0.399 e. The third-order valence-corrected chi connectivity index (χ3v) is 2.85. The Kier molecular flexibility index (Phi) is 3.48. The maximum absolute atomic E-state index is 12.3. The lowest BCUT2D eigenvalue weighted by Crippen LogP contribution is -2.26. The summed E-state index contributed by atoms with van der Waals surface area (Å²) in [6.45, 7) is 0. The number of hydrogen-bond donors (Lipinski definition) is 1. The lowest BCUT2D eigenvalue weighted by atomic mass is 10.1. The summed E-state index contributed by atoms with van der Waals surface area (Å²) in [6.07, 6.45) is 0. The molecule has 4 nitrogen and oxygen atoms in total. The van der Waals surface area contributed by atoms with Crippen LogP contribution in [0.3, 0.4) is 0 Å². The van der Waals surface area contributed by atoms with E-state index in [9.17, 15) is 4.79 Å². The van der Waals surface area contributed by atoms with Crippen LogP contribution in [0, 0.1) is 11.3 Å². The number of rotatable bonds is 2. The Balaban J connectivity index is 2.34. The first-order chi connectivity index (χ1) is 9.13. The summed E-state index contributed by atoms with van der Waals surface area (Å²) in [4.78, 5) is 13.8. The minimum Gasteiger partial charge on any atom is -0.399 e. The van der Waals surface area contributed by atoms with Crippen molar-refractivity contribution < 1.29 is 4.79 Å². The van der Waals surface area contributed by atoms with E-state index in [1.54, 1.807) is 55.6 Å². The van der Waals surface area contributed by atoms with Gasteiger partial charge in [-0.1, -0.05) is 12.1 Å². The molecule has 0 saturated heterocycles. The number of hydrogen-bond acceptors (Lipinski definition) is 3. The Hall–Kier alpha value is -2.80. The van der Waals surface area contributed by atoms with Crippen LogP contribution < -0.4 is 10.6 Å². The zero-order chi connectivity index (χ0) is 13.8. The highest BCUT2D eigenvalue weighted by molar-refractivity contribution is 6.06. The van der Waals surface area contributed by atoms with Gasteiger partial charge in [0.15, 0.2) is 0 Å². The molecule has 0 spiro atoms. The Bertz CT molecular complexity index is 641. The predicted molar refractivity (Wildman–Crippen MR) is 74.7 cm³/mol. The molecule has 2 N–H and O–H groups in total. The molecule has 0 bridgehead atoms. The second-order valence-electron chi connectivity index (χ2n) is 4.12. The van der Waals surface area contributed by atoms with Crippen LogP contribution in [0.4, 0.5) is 11.4 Å². The van der Waals surface area contributed by atoms with Crippen molar-refractivity contribution in [3.8, 4) is 6.07 Å². The van der Waals surface area contributed by atoms with Gasteiger partial charge in [-0.2, -0.15) is 5.26 Å². The molecule has 0 fully saturated rings. The van der Waals surface area contributed by atoms with Crippen LogP contribution in [-0.2, 0) is 0 Å². The molecule has 0 heterocycles. The quantitative estimate of drug-likeness (QED) is 0.833. The smallest absolute Gasteiger partial charge is 0.258 e. The molecule has 0 radical (unpaired) electrons. The van der Waals surface area contributed by atoms with E-state index in [0.717, 1.165) is 0 Å². The molecule has 0 aromatic heterocycles. The van der Waals surface area contributed by atoms with Crippen LogP contribution in [0.2, 0.25) is 0 Å². The van der Waals surface area contributed by atoms with E-state index in [2.05, 4.69) is 6.07 Å². The fourth-order valence-corrected chi connectivity index (χ4v) is 1.79. The summed E-state index contributed by atoms with van der Waals surface area (Å²) in [5.74, 6) is -0.178. The Labute approximate surface area is 111 Å². The number of nitrogens with two attached hydrogens (primary N) is 1. The molecule has 0 unspecified atom stereocenters. The van der Waals surface area contributed by atoms with E-state index < -0.39 is 0 Å². The number of nitrogen functional groups attached to an aromatic ring is 1. The second kappa shape index (κ2) is 5.23. The standard InChI is InChI=1S/C15H13N3O/c1-18(14-5-3-2-4-12(14)10-16)15(19)11-6-8-13(17)9-7-11/h2-9H,17H2,1H3. The van der Waals surface area contributed by atoms with Gasteiger partial charge in [-0.25, -0.2) is 0 Å². The Morgan fingerprint density at radius 3 is 2.42 bits per heavy atom. The van der Waals surface area contributed by atoms with Crippen molar-refractivity contribution in [2.24, 2.45) is 0 Å². The molecular weight excluding hydrogens is 238 g/mol. The van der Waals surface area contributed by atoms with Gasteiger partial charge in [0, 0.05) is 18.3 Å². The number of nitriles is 1. The number of nitrogens with zero attached hydrogens (tertiary/aromatic N) is 2. The Morgan fingerprint density at radius 2 is 1.79 bits per heavy atom. The molecule has 0 aliphatic carbocycles. The fourth-order valence-electron chi connectivity index (χ4n) is 1.79. The predicted octanol–water partition coefficient (Wildman–Crippen LogP) is 2.42. The molecule has 94 valence electrons. The van der Waals surface area contributed by atoms with Crippen LogP contribution in [0.1, 0.15) is 15.9 Å². The first-order valence-corrected chi connectivity index (χ1v) is 5.76. The number of carbonyl (C=O) groups excluding carboxylic acids is 1. The summed E-state index contributed by atoms with van der Waals surface area (Å²) in [6, 6.07) is 15.8. The molecule has 4 heteroatoms. The average Bonchev–Trinajstić information content (AvgIpc) is 2.46. The molecular formula is C15H13N3O. The molecule has 0 atom stereocenters. The molecule has 2 aromatic carbocycles. The highest BCUT2D eigenvalue weighted by Crippen LogP contribution is 2.20. The van der Waals surface area contributed by atoms with Gasteiger partial charge in [-0.3, -0.25) is 4.79 Å². The summed E-state index contributed by atoms with van der Waals surface area (Å²) < 4.78 is 0. The molecule has 19 heavy (non-hydrogen) atoms. The first kappa shape index (κ1) is 12.7. The average molecular weight is 251 g/mol. The van der Waals surface area contributed by atoms with Crippen molar-refractivity contribution >= 4 is 17.3 Å². The van der Waals surface area contributed by atoms with Crippen molar-refractivity contribution in [3.63, 3.8) is 0 Å². The van der Waals surface area contributed by atoms with Gasteiger partial charge in [0.2, 0.25) is 0 Å². The van der Waals surface area contributed by atoms with E-state index in [-0.39, 0.29) is 5.91 Å². The van der Waals surface area contributed by atoms with Crippen molar-refractivity contribution in [3.05, 3.63) is 59.7 Å². The molecule has 2 aromatic rings. The third-order valence-electron chi connectivity index (χ3n) is 2.85. The topological polar surface area (TPSA) is 70.1 Å². The molecule has 0 saturated carbocycles. The van der Waals surface area contributed by atoms with Crippen LogP contribution in [0.15, 0.2) is 48.5 Å². The van der Waals surface area contributed by atoms with E-state index in [4.69, 9.17) is 11.0 Å². The second-order valence-corrected chi connectivity index (χ2v) is 4.12. The van der Waals surface area contributed by atoms with Crippen molar-refractivity contribution in [2.75, 3.05) is 17.7 Å². The van der Waals surface area contributed by atoms with Crippen LogP contribution in [0.25, 0.3) is 0 Å². The lowest BCUT2D eigenvalue weighted by Gasteiger charge is -2.18. The van der Waals surface area contributed by atoms with E-state index in [1.165, 1.54) is 4.90 Å². The van der Waals surface area contributed by atoms with Gasteiger partial charge in [0.1, 0.15) is 6.07 Å². The van der Waals surface area contributed by atoms with Gasteiger partial charge in [0.25, 0.3) is 5.91 Å². The van der Waals surface area contributed by atoms with E-state index in [1.807, 2.05) is 0 Å². The number of benzene rings is 2. The third kappa shape index (κ3) is 2.55. The Morgan fingerprint density at radius 1 is 1.16 bits per heavy atom. The van der Waals surface area contributed by atoms with Gasteiger partial charge in [0.05, 0.1) is 11.3 Å². The SMILES string of the molecule is CN(C(=O)c1ccc(N)cc1)c1ccccc1C#N. The summed E-state index contributed by atoms with van der Waals surface area (Å²) in [7, 11) is 1.65. The van der Waals surface area contributed by atoms with Gasteiger partial charge in [-0.15, -0.1) is 0 Å². The molecule has 0 aliphatic heterocycles. The zero-order valence-corrected chi connectivity index (χ0v) is 10.5. The van der Waals surface area contributed by atoms with Crippen molar-refractivity contribution in [2.45, 2.75) is 0 Å². The molecule has 0 aliphatic rings. The fraction of sp³-hybridized carbons (Fsp3) is 0.0667. The van der Waals surface area contributed by atoms with Gasteiger partial charge >= 0.3 is 0 Å². The monoisotopic (exact) mass is 251 g/mol. The van der Waals surface area contributed by atoms with E-state index >= 15 is 0 Å². The normalized spacial score (nSPS) is 9.68. The van der Waals surface area contributed by atoms with E-state index in [0.29, 0.717) is 22.5 Å². The number of anilines is 2. The summed E-state index contributed by atoms with van der Waals surface area (Å²) >= 11 is 0. The zero-order valence-electron chi connectivity index (χ0n) is 10.5. The van der Waals surface area contributed by atoms with Crippen molar-refractivity contribution in [1.82, 2.24) is 0 Å². The molecule has 2 rings (SSSR count). The number of carbonyl (C=O) groups is 1. The van der Waals surface area contributed by atoms with Crippen LogP contribution >= 0.6 is 0 Å². The maximum atomic E-state index is 12.3. The maximum Gasteiger partial charge on any atom is 0.258 e. The van der Waals surface area contributed by atoms with Gasteiger partial charge < -0.3 is 10.6 Å². The van der Waals surface area contributed by atoms with Crippen LogP contribution in [-0.4, -0.2) is 13.0 Å². The lowest BCUT2D eigenvalue weighted by molar-refractivity contribution is 0.0993. The summed E-state index contributed by atoms with van der Waals surface area (Å²) in [5.41, 5.74) is 7.79. The minimum absolute atomic E-state index is 0.178. The van der Waals surface area contributed by atoms with Crippen LogP contribution in [0.5, 0.6) is 0 Å². The van der Waals surface area contributed by atoms with Gasteiger partial charge in [-0.05, 0) is 36.4 Å². The minimum atomic E-state index is -0.178.